The van der Waals surface area contributed by atoms with E-state index < -0.39 is 0 Å². The molecule has 0 aliphatic heterocycles. The van der Waals surface area contributed by atoms with Crippen molar-refractivity contribution in [1.29, 1.82) is 0 Å². The van der Waals surface area contributed by atoms with Crippen molar-refractivity contribution >= 4 is 28.4 Å². The highest BCUT2D eigenvalue weighted by atomic mass is 32.1. The predicted octanol–water partition coefficient (Wildman–Crippen LogP) is 2.98. The Morgan fingerprint density at radius 3 is 3.10 bits per heavy atom. The maximum Gasteiger partial charge on any atom is 0.196 e. The number of thiazole rings is 1. The van der Waals surface area contributed by atoms with Crippen LogP contribution in [-0.2, 0) is 6.54 Å². The second-order valence-corrected chi connectivity index (χ2v) is 5.35. The summed E-state index contributed by atoms with van der Waals surface area (Å²) in [5.74, 6) is 0.341. The van der Waals surface area contributed by atoms with E-state index in [1.165, 1.54) is 23.5 Å². The number of aromatic nitrogens is 2. The van der Waals surface area contributed by atoms with Gasteiger partial charge < -0.3 is 4.90 Å². The van der Waals surface area contributed by atoms with Gasteiger partial charge in [-0.3, -0.25) is 9.20 Å². The van der Waals surface area contributed by atoms with E-state index >= 15 is 0 Å². The normalized spacial score (nSPS) is 10.9. The van der Waals surface area contributed by atoms with Crippen LogP contribution in [0.5, 0.6) is 0 Å². The number of benzene rings is 1. The second-order valence-electron chi connectivity index (χ2n) is 4.48. The molecule has 102 valence electrons. The smallest absolute Gasteiger partial charge is 0.196 e. The average molecular weight is 289 g/mol. The molecule has 6 heteroatoms. The van der Waals surface area contributed by atoms with Crippen LogP contribution in [0.15, 0.2) is 35.8 Å². The molecule has 0 unspecified atom stereocenters. The highest BCUT2D eigenvalue weighted by Gasteiger charge is 2.16. The number of nitrogens with zero attached hydrogens (tertiary/aromatic N) is 3. The summed E-state index contributed by atoms with van der Waals surface area (Å²) in [6, 6.07) is 6.41. The van der Waals surface area contributed by atoms with E-state index in [0.29, 0.717) is 18.1 Å². The second kappa shape index (κ2) is 5.05. The zero-order chi connectivity index (χ0) is 14.1. The van der Waals surface area contributed by atoms with Gasteiger partial charge >= 0.3 is 0 Å². The molecular formula is C14H12FN3OS. The van der Waals surface area contributed by atoms with Gasteiger partial charge in [0.25, 0.3) is 0 Å². The quantitative estimate of drug-likeness (QED) is 0.693. The van der Waals surface area contributed by atoms with Gasteiger partial charge in [0.15, 0.2) is 17.1 Å². The van der Waals surface area contributed by atoms with Crippen LogP contribution in [0.3, 0.4) is 0 Å². The third-order valence-electron chi connectivity index (χ3n) is 3.06. The van der Waals surface area contributed by atoms with Gasteiger partial charge in [-0.25, -0.2) is 9.37 Å². The first-order valence-corrected chi connectivity index (χ1v) is 6.93. The number of aldehydes is 1. The molecule has 2 aromatic heterocycles. The summed E-state index contributed by atoms with van der Waals surface area (Å²) in [7, 11) is 1.84. The molecule has 4 nitrogen and oxygen atoms in total. The van der Waals surface area contributed by atoms with Gasteiger partial charge in [-0.05, 0) is 17.7 Å². The van der Waals surface area contributed by atoms with E-state index in [0.717, 1.165) is 16.8 Å². The lowest BCUT2D eigenvalue weighted by Gasteiger charge is -2.17. The van der Waals surface area contributed by atoms with Crippen molar-refractivity contribution in [2.45, 2.75) is 6.54 Å². The number of hydrogen-bond acceptors (Lipinski definition) is 4. The number of hydrogen-bond donors (Lipinski definition) is 0. The number of carbonyl (C=O) groups is 1. The Kier molecular flexibility index (Phi) is 3.23. The zero-order valence-electron chi connectivity index (χ0n) is 10.8. The van der Waals surface area contributed by atoms with Gasteiger partial charge in [-0.1, -0.05) is 12.1 Å². The van der Waals surface area contributed by atoms with Gasteiger partial charge in [0, 0.05) is 25.2 Å². The summed E-state index contributed by atoms with van der Waals surface area (Å²) in [4.78, 5) is 18.3. The molecule has 0 saturated carbocycles. The van der Waals surface area contributed by atoms with Crippen LogP contribution in [0, 0.1) is 5.82 Å². The van der Waals surface area contributed by atoms with E-state index in [-0.39, 0.29) is 5.82 Å². The minimum Gasteiger partial charge on any atom is -0.353 e. The van der Waals surface area contributed by atoms with E-state index in [9.17, 15) is 9.18 Å². The van der Waals surface area contributed by atoms with E-state index in [1.807, 2.05) is 29.6 Å². The van der Waals surface area contributed by atoms with E-state index in [1.54, 1.807) is 10.5 Å². The lowest BCUT2D eigenvalue weighted by molar-refractivity contribution is 0.111. The number of halogens is 1. The lowest BCUT2D eigenvalue weighted by atomic mass is 10.2. The molecule has 20 heavy (non-hydrogen) atoms. The average Bonchev–Trinajstić information content (AvgIpc) is 2.98. The Morgan fingerprint density at radius 1 is 1.50 bits per heavy atom. The molecule has 2 heterocycles. The fraction of sp³-hybridized carbons (Fsp3) is 0.143. The summed E-state index contributed by atoms with van der Waals surface area (Å²) >= 11 is 1.47. The largest absolute Gasteiger partial charge is 0.353 e. The first-order chi connectivity index (χ1) is 9.69. The summed E-state index contributed by atoms with van der Waals surface area (Å²) in [6.07, 6.45) is 2.61. The number of carbonyl (C=O) groups excluding carboxylic acids is 1. The molecule has 0 N–H and O–H groups in total. The van der Waals surface area contributed by atoms with Crippen LogP contribution in [0.25, 0.3) is 4.96 Å². The minimum absolute atomic E-state index is 0.266. The summed E-state index contributed by atoms with van der Waals surface area (Å²) < 4.78 is 14.9. The number of rotatable bonds is 4. The van der Waals surface area contributed by atoms with Crippen molar-refractivity contribution in [3.8, 4) is 0 Å². The van der Waals surface area contributed by atoms with Crippen molar-refractivity contribution in [3.63, 3.8) is 0 Å². The first-order valence-electron chi connectivity index (χ1n) is 6.05. The molecule has 0 bridgehead atoms. The summed E-state index contributed by atoms with van der Waals surface area (Å²) in [5, 5.41) is 1.88. The maximum absolute atomic E-state index is 13.2. The van der Waals surface area contributed by atoms with Gasteiger partial charge in [0.1, 0.15) is 11.5 Å². The minimum atomic E-state index is -0.266. The van der Waals surface area contributed by atoms with Gasteiger partial charge in [0.05, 0.1) is 0 Å². The van der Waals surface area contributed by atoms with Crippen LogP contribution >= 0.6 is 11.3 Å². The highest BCUT2D eigenvalue weighted by molar-refractivity contribution is 7.15. The summed E-state index contributed by atoms with van der Waals surface area (Å²) in [5.41, 5.74) is 1.35. The molecule has 3 rings (SSSR count). The monoisotopic (exact) mass is 289 g/mol. The Labute approximate surface area is 119 Å². The Morgan fingerprint density at radius 2 is 2.35 bits per heavy atom. The molecule has 0 atom stereocenters. The van der Waals surface area contributed by atoms with Gasteiger partial charge in [-0.15, -0.1) is 11.3 Å². The maximum atomic E-state index is 13.2. The molecule has 0 aliphatic rings. The van der Waals surface area contributed by atoms with Crippen molar-refractivity contribution in [2.75, 3.05) is 11.9 Å². The molecule has 0 amide bonds. The molecule has 0 fully saturated rings. The number of imidazole rings is 1. The fourth-order valence-corrected chi connectivity index (χ4v) is 2.88. The fourth-order valence-electron chi connectivity index (χ4n) is 2.17. The third-order valence-corrected chi connectivity index (χ3v) is 3.82. The lowest BCUT2D eigenvalue weighted by Crippen LogP contribution is -2.18. The molecular weight excluding hydrogens is 277 g/mol. The van der Waals surface area contributed by atoms with Crippen LogP contribution in [0.1, 0.15) is 16.1 Å². The first kappa shape index (κ1) is 12.8. The van der Waals surface area contributed by atoms with E-state index in [2.05, 4.69) is 4.98 Å². The standard InChI is InChI=1S/C14H12FN3OS/c1-17(8-10-3-2-4-11(15)7-10)13-12(9-19)18-5-6-20-14(18)16-13/h2-7,9H,8H2,1H3. The number of anilines is 1. The summed E-state index contributed by atoms with van der Waals surface area (Å²) in [6.45, 7) is 0.490. The molecule has 0 saturated heterocycles. The molecule has 1 aromatic carbocycles. The Balaban J connectivity index is 1.94. The van der Waals surface area contributed by atoms with Crippen LogP contribution in [0.4, 0.5) is 10.2 Å². The molecule has 0 aliphatic carbocycles. The third kappa shape index (κ3) is 2.18. The predicted molar refractivity (Wildman–Crippen MR) is 77.0 cm³/mol. The topological polar surface area (TPSA) is 37.6 Å². The molecule has 0 spiro atoms. The van der Waals surface area contributed by atoms with E-state index in [4.69, 9.17) is 0 Å². The van der Waals surface area contributed by atoms with Crippen LogP contribution in [-0.4, -0.2) is 22.7 Å². The van der Waals surface area contributed by atoms with Gasteiger partial charge in [-0.2, -0.15) is 0 Å². The molecule has 0 radical (unpaired) electrons. The number of fused-ring (bicyclic) bond motifs is 1. The van der Waals surface area contributed by atoms with Crippen molar-refractivity contribution in [1.82, 2.24) is 9.38 Å². The zero-order valence-corrected chi connectivity index (χ0v) is 11.6. The van der Waals surface area contributed by atoms with Crippen LogP contribution in [0.2, 0.25) is 0 Å². The SMILES string of the molecule is CN(Cc1cccc(F)c1)c1nc2sccn2c1C=O. The van der Waals surface area contributed by atoms with Gasteiger partial charge in [0.2, 0.25) is 0 Å². The Bertz CT molecular complexity index is 765. The van der Waals surface area contributed by atoms with Crippen LogP contribution < -0.4 is 4.90 Å². The van der Waals surface area contributed by atoms with Crippen molar-refractivity contribution in [2.24, 2.45) is 0 Å². The Hall–Kier alpha value is -2.21. The van der Waals surface area contributed by atoms with Crippen molar-refractivity contribution < 1.29 is 9.18 Å². The molecule has 3 aromatic rings. The highest BCUT2D eigenvalue weighted by Crippen LogP contribution is 2.23. The van der Waals surface area contributed by atoms with Crippen molar-refractivity contribution in [3.05, 3.63) is 52.9 Å².